The second-order valence-electron chi connectivity index (χ2n) is 26.0. The Balaban J connectivity index is 1.63. The number of hydrogen-bond donors (Lipinski definition) is 20. The second-order valence-corrected chi connectivity index (χ2v) is 35.1. The van der Waals surface area contributed by atoms with Gasteiger partial charge >= 0.3 is 22.0 Å². The number of hydrogen-bond acceptors (Lipinski definition) is 22. The van der Waals surface area contributed by atoms with Crippen molar-refractivity contribution in [3.05, 3.63) is 29.8 Å². The number of nitrogens with zero attached hydrogens (tertiary/aromatic N) is 2. The minimum absolute atomic E-state index is 0.00802. The number of aliphatic hydroxyl groups excluding tert-OH is 2. The molecule has 9 atom stereocenters. The van der Waals surface area contributed by atoms with Gasteiger partial charge in [-0.05, 0) is 111 Å². The van der Waals surface area contributed by atoms with Crippen LogP contribution in [0.2, 0.25) is 0 Å². The highest BCUT2D eigenvalue weighted by Crippen LogP contribution is 2.69. The zero-order chi connectivity index (χ0) is 76.2. The van der Waals surface area contributed by atoms with E-state index in [1.54, 1.807) is 41.5 Å². The van der Waals surface area contributed by atoms with E-state index in [-0.39, 0.29) is 113 Å². The molecule has 3 rings (SSSR count). The van der Waals surface area contributed by atoms with Crippen LogP contribution in [-0.4, -0.2) is 247 Å². The van der Waals surface area contributed by atoms with Crippen LogP contribution in [0.3, 0.4) is 0 Å². The number of phenolic OH excluding ortho intramolecular Hbond substituents is 1. The van der Waals surface area contributed by atoms with Crippen molar-refractivity contribution in [2.45, 2.75) is 190 Å². The van der Waals surface area contributed by atoms with Crippen LogP contribution in [-0.2, 0) is 72.9 Å². The van der Waals surface area contributed by atoms with E-state index in [1.165, 1.54) is 29.2 Å². The smallest absolute Gasteiger partial charge is 0.384 e. The predicted octanol–water partition coefficient (Wildman–Crippen LogP) is -2.47. The summed E-state index contributed by atoms with van der Waals surface area (Å²) in [6.45, 7) is 5.14. The second kappa shape index (κ2) is 42.9. The number of phenols is 1. The summed E-state index contributed by atoms with van der Waals surface area (Å²) in [5, 5.41) is 59.9. The fourth-order valence-corrected chi connectivity index (χ4v) is 15.6. The lowest BCUT2D eigenvalue weighted by Gasteiger charge is -2.29. The van der Waals surface area contributed by atoms with E-state index in [2.05, 4.69) is 47.9 Å². The fourth-order valence-electron chi connectivity index (χ4n) is 10.8. The summed E-state index contributed by atoms with van der Waals surface area (Å²) < 4.78 is 34.1. The highest BCUT2D eigenvalue weighted by molar-refractivity contribution is 8.54. The summed E-state index contributed by atoms with van der Waals surface area (Å²) in [4.78, 5) is 208. The van der Waals surface area contributed by atoms with Crippen LogP contribution in [0.1, 0.15) is 131 Å². The van der Waals surface area contributed by atoms with Gasteiger partial charge in [0, 0.05) is 69.9 Å². The predicted molar refractivity (Wildman–Crippen MR) is 371 cm³/mol. The first kappa shape index (κ1) is 89.6. The van der Waals surface area contributed by atoms with Gasteiger partial charge in [-0.2, -0.15) is 0 Å². The summed E-state index contributed by atoms with van der Waals surface area (Å²) in [6.07, 6.45) is 0.231. The summed E-state index contributed by atoms with van der Waals surface area (Å²) in [7, 11) is -11.3. The van der Waals surface area contributed by atoms with Gasteiger partial charge in [0.1, 0.15) is 48.0 Å². The summed E-state index contributed by atoms with van der Waals surface area (Å²) in [5.41, 5.74) is 6.77. The number of imide groups is 1. The third kappa shape index (κ3) is 30.9. The number of aliphatic hydroxyl groups is 3. The van der Waals surface area contributed by atoms with Crippen molar-refractivity contribution in [1.29, 1.82) is 0 Å². The van der Waals surface area contributed by atoms with Crippen molar-refractivity contribution < 1.29 is 116 Å². The molecule has 2 saturated heterocycles. The van der Waals surface area contributed by atoms with Crippen LogP contribution in [0.25, 0.3) is 0 Å². The Morgan fingerprint density at radius 3 is 1.64 bits per heavy atom. The van der Waals surface area contributed by atoms with Gasteiger partial charge in [-0.1, -0.05) is 60.1 Å². The number of thioether (sulfide) groups is 1. The van der Waals surface area contributed by atoms with E-state index in [9.17, 15) is 106 Å². The molecule has 0 radical (unpaired) electrons. The third-order valence-electron chi connectivity index (χ3n) is 16.1. The Morgan fingerprint density at radius 1 is 0.624 bits per heavy atom. The molecule has 2 aliphatic rings. The van der Waals surface area contributed by atoms with Crippen LogP contribution >= 0.6 is 45.1 Å². The minimum atomic E-state index is -5.64. The zero-order valence-electron chi connectivity index (χ0n) is 57.5. The molecular formula is C60H103N12O24P3S2. The molecule has 36 nitrogen and oxygen atoms in total. The van der Waals surface area contributed by atoms with E-state index >= 15 is 0 Å². The molecule has 0 bridgehead atoms. The molecule has 1 unspecified atom stereocenters. The van der Waals surface area contributed by atoms with Crippen molar-refractivity contribution in [3.8, 4) is 5.75 Å². The molecule has 0 aromatic heterocycles. The van der Waals surface area contributed by atoms with E-state index in [0.29, 0.717) is 62.1 Å². The quantitative estimate of drug-likeness (QED) is 0.0183. The molecule has 21 N–H and O–H groups in total. The maximum absolute atomic E-state index is 14.3. The van der Waals surface area contributed by atoms with Crippen molar-refractivity contribution in [2.24, 2.45) is 23.5 Å². The number of unbranched alkanes of at least 4 members (excludes halogenated alkanes) is 2. The third-order valence-corrected chi connectivity index (χ3v) is 23.6. The topological polar surface area (TPSA) is 582 Å². The molecule has 0 aliphatic carbocycles. The fraction of sp³-hybridized carbons (Fsp3) is 0.717. The first-order chi connectivity index (χ1) is 47.1. The van der Waals surface area contributed by atoms with E-state index in [4.69, 9.17) is 15.5 Å². The van der Waals surface area contributed by atoms with Gasteiger partial charge in [-0.3, -0.25) is 66.8 Å². The lowest BCUT2D eigenvalue weighted by atomic mass is 10.00. The first-order valence-corrected chi connectivity index (χ1v) is 40.7. The maximum Gasteiger partial charge on any atom is 0.384 e. The number of nitrogens with one attached hydrogen (secondary N) is 9. The van der Waals surface area contributed by atoms with E-state index in [1.807, 2.05) is 0 Å². The number of nitrogens with two attached hydrogens (primary N) is 1. The monoisotopic (exact) mass is 1530 g/mol. The molecule has 1 aromatic carbocycles. The van der Waals surface area contributed by atoms with Crippen LogP contribution in [0, 0.1) is 17.8 Å². The lowest BCUT2D eigenvalue weighted by molar-refractivity contribution is -0.140. The van der Waals surface area contributed by atoms with Gasteiger partial charge < -0.3 is 108 Å². The molecule has 2 aliphatic heterocycles. The van der Waals surface area contributed by atoms with Crippen molar-refractivity contribution >= 4 is 110 Å². The molecule has 574 valence electrons. The lowest BCUT2D eigenvalue weighted by Crippen LogP contribution is -2.61. The normalized spacial score (nSPS) is 17.4. The van der Waals surface area contributed by atoms with Gasteiger partial charge in [-0.15, -0.1) is 11.8 Å². The molecule has 101 heavy (non-hydrogen) atoms. The Hall–Kier alpha value is -5.66. The first-order valence-electron chi connectivity index (χ1n) is 33.3. The molecule has 1 aromatic rings. The number of rotatable bonds is 47. The standard InChI is InChI=1S/C60H103N12O24P3S2/c1-35(2)27-41(51(78)64-22-12-20-62-23-26-101-99(94,95)96)65-55(82)45(32-73)70-54(81)44(30-38-15-17-39(75)18-16-38)67-52(79)42(28-36(3)4)66-56(83)46(33-74)69-53(80)43(29-37(5)6)68-57(84)47-13-10-25-71(47)58(85)40(61)34-100-48-31-50(77)72(59(48)86)24-9-7-8-14-49(76)63-21-11-19-60(87,97(88,89)90)98(91,92)93/h15-18,35-37,40-48,62,73-75,87H,7-14,19-34,61H2,1-6H3,(H,63,76)(H,64,78)(H,65,82)(H,66,83)(H,67,79)(H,68,84)(H,69,80)(H,70,81)(H2,88,89,90)(H2,91,92,93)(H2,94,95,96)/t40-,41-,42-,43-,44-,45-,46-,47-,48?/m0/s1. The van der Waals surface area contributed by atoms with Crippen LogP contribution in [0.4, 0.5) is 0 Å². The van der Waals surface area contributed by atoms with Gasteiger partial charge in [0.05, 0.1) is 24.5 Å². The molecule has 0 spiro atoms. The van der Waals surface area contributed by atoms with Gasteiger partial charge in [0.25, 0.3) is 5.08 Å². The van der Waals surface area contributed by atoms with Gasteiger partial charge in [-0.25, -0.2) is 4.57 Å². The molecule has 2 fully saturated rings. The Bertz CT molecular complexity index is 3090. The number of likely N-dealkylation sites (tertiary alicyclic amines) is 2. The van der Waals surface area contributed by atoms with E-state index in [0.717, 1.165) is 16.7 Å². The highest BCUT2D eigenvalue weighted by atomic mass is 32.7. The van der Waals surface area contributed by atoms with Crippen LogP contribution < -0.4 is 53.6 Å². The number of benzene rings is 1. The van der Waals surface area contributed by atoms with Gasteiger partial charge in [0.15, 0.2) is 0 Å². The minimum Gasteiger partial charge on any atom is -0.508 e. The maximum atomic E-state index is 14.3. The summed E-state index contributed by atoms with van der Waals surface area (Å²) >= 11 is 1.48. The zero-order valence-corrected chi connectivity index (χ0v) is 61.8. The molecule has 0 saturated carbocycles. The summed E-state index contributed by atoms with van der Waals surface area (Å²) in [6, 6.07) is -5.56. The van der Waals surface area contributed by atoms with Crippen molar-refractivity contribution in [2.75, 3.05) is 64.0 Å². The average molecular weight is 1530 g/mol. The van der Waals surface area contributed by atoms with E-state index < -0.39 is 165 Å². The van der Waals surface area contributed by atoms with Crippen LogP contribution in [0.5, 0.6) is 5.75 Å². The molecular weight excluding hydrogens is 1430 g/mol. The molecule has 2 heterocycles. The van der Waals surface area contributed by atoms with Crippen molar-refractivity contribution in [3.63, 3.8) is 0 Å². The van der Waals surface area contributed by atoms with Crippen LogP contribution in [0.15, 0.2) is 24.3 Å². The highest BCUT2D eigenvalue weighted by Gasteiger charge is 2.58. The Kier molecular flexibility index (Phi) is 38.1. The summed E-state index contributed by atoms with van der Waals surface area (Å²) in [5.74, 6) is -8.98. The number of carbonyl (C=O) groups excluding carboxylic acids is 11. The number of carbonyl (C=O) groups is 11. The van der Waals surface area contributed by atoms with Gasteiger partial charge in [0.2, 0.25) is 65.0 Å². The Morgan fingerprint density at radius 2 is 1.12 bits per heavy atom. The average Bonchev–Trinajstić information content (AvgIpc) is 1.69. The molecule has 11 amide bonds. The van der Waals surface area contributed by atoms with Crippen molar-refractivity contribution in [1.82, 2.24) is 57.7 Å². The molecule has 41 heteroatoms. The number of amides is 11. The Labute approximate surface area is 594 Å². The SMILES string of the molecule is CC(C)C[C@H](NC(=O)[C@H](CO)NC(=O)[C@H](Cc1ccc(O)cc1)NC(=O)[C@H](CC(C)C)NC(=O)[C@H](CO)NC(=O)[C@H](CC(C)C)NC(=O)[C@@H]1CCCN1C(=O)[C@@H](N)CSC1CC(=O)N(CCCCCC(=O)NCCCC(O)(P(=O)(O)O)P(=O)(O)O)C1=O)C(=O)NCCCNCCSP(=O)(O)O. The number of aromatic hydroxyl groups is 1. The largest absolute Gasteiger partial charge is 0.508 e.